The molecule has 2 aromatic heterocycles. The van der Waals surface area contributed by atoms with Crippen LogP contribution in [0.3, 0.4) is 0 Å². The second kappa shape index (κ2) is 22.9. The van der Waals surface area contributed by atoms with Crippen LogP contribution in [0.25, 0.3) is 11.0 Å². The summed E-state index contributed by atoms with van der Waals surface area (Å²) in [5.41, 5.74) is 1.56. The zero-order valence-corrected chi connectivity index (χ0v) is 27.1. The summed E-state index contributed by atoms with van der Waals surface area (Å²) in [6.07, 6.45) is 21.4. The Balaban J connectivity index is 1.45. The van der Waals surface area contributed by atoms with E-state index in [-0.39, 0.29) is 31.5 Å². The van der Waals surface area contributed by atoms with Crippen molar-refractivity contribution in [3.05, 3.63) is 28.4 Å². The van der Waals surface area contributed by atoms with Gasteiger partial charge >= 0.3 is 7.60 Å². The predicted molar refractivity (Wildman–Crippen MR) is 170 cm³/mol. The van der Waals surface area contributed by atoms with Crippen molar-refractivity contribution in [3.8, 4) is 0 Å². The number of rotatable bonds is 28. The largest absolute Gasteiger partial charge is 0.391 e. The molecule has 0 fully saturated rings. The molecule has 2 rings (SSSR count). The van der Waals surface area contributed by atoms with Gasteiger partial charge in [-0.2, -0.15) is 0 Å². The van der Waals surface area contributed by atoms with Gasteiger partial charge in [-0.15, -0.1) is 0 Å². The zero-order chi connectivity index (χ0) is 30.3. The average Bonchev–Trinajstić information content (AvgIpc) is 3.38. The fourth-order valence-electron chi connectivity index (χ4n) is 5.04. The highest BCUT2D eigenvalue weighted by atomic mass is 31.2. The third-order valence-electron chi connectivity index (χ3n) is 7.37. The number of fused-ring (bicyclic) bond motifs is 1. The molecule has 0 saturated heterocycles. The molecule has 2 unspecified atom stereocenters. The monoisotopic (exact) mass is 612 g/mol. The third-order valence-corrected chi connectivity index (χ3v) is 9.46. The van der Waals surface area contributed by atoms with Crippen molar-refractivity contribution in [1.29, 1.82) is 0 Å². The Hall–Kier alpha value is -1.55. The van der Waals surface area contributed by atoms with Crippen molar-refractivity contribution in [1.82, 2.24) is 20.3 Å². The van der Waals surface area contributed by atoms with Gasteiger partial charge < -0.3 is 34.2 Å². The van der Waals surface area contributed by atoms with Gasteiger partial charge in [-0.3, -0.25) is 9.36 Å². The minimum atomic E-state index is -3.42. The van der Waals surface area contributed by atoms with E-state index >= 15 is 0 Å². The SMILES string of the molecule is CCCCCCCCCCCCCCCCOCCCOP(=O)(CC(O)CNCc1c[nH]c2c(=O)[nH]cnc12)OCC. The summed E-state index contributed by atoms with van der Waals surface area (Å²) in [6.45, 7) is 6.40. The van der Waals surface area contributed by atoms with Gasteiger partial charge in [0, 0.05) is 38.1 Å². The van der Waals surface area contributed by atoms with Crippen molar-refractivity contribution in [2.45, 2.75) is 123 Å². The molecule has 10 nitrogen and oxygen atoms in total. The minimum Gasteiger partial charge on any atom is -0.391 e. The maximum Gasteiger partial charge on any atom is 0.333 e. The Morgan fingerprint density at radius 3 is 2.12 bits per heavy atom. The number of ether oxygens (including phenoxy) is 1. The van der Waals surface area contributed by atoms with Crippen LogP contribution in [0.1, 0.15) is 116 Å². The second-order valence-corrected chi connectivity index (χ2v) is 13.3. The maximum absolute atomic E-state index is 13.1. The van der Waals surface area contributed by atoms with Crippen LogP contribution in [-0.4, -0.2) is 65.3 Å². The summed E-state index contributed by atoms with van der Waals surface area (Å²) in [4.78, 5) is 21.4. The Bertz CT molecular complexity index is 1050. The Kier molecular flexibility index (Phi) is 20.0. The molecule has 2 heterocycles. The molecule has 0 aromatic carbocycles. The lowest BCUT2D eigenvalue weighted by Crippen LogP contribution is -2.29. The van der Waals surface area contributed by atoms with E-state index in [9.17, 15) is 14.5 Å². The number of aromatic amines is 2. The normalized spacial score (nSPS) is 14.0. The molecule has 4 N–H and O–H groups in total. The number of aliphatic hydroxyl groups excluding tert-OH is 1. The Morgan fingerprint density at radius 2 is 1.48 bits per heavy atom. The van der Waals surface area contributed by atoms with Crippen LogP contribution in [0.15, 0.2) is 17.3 Å². The first-order valence-electron chi connectivity index (χ1n) is 16.4. The van der Waals surface area contributed by atoms with E-state index in [2.05, 4.69) is 27.2 Å². The fourth-order valence-corrected chi connectivity index (χ4v) is 6.77. The predicted octanol–water partition coefficient (Wildman–Crippen LogP) is 6.84. The number of hydrogen-bond acceptors (Lipinski definition) is 8. The van der Waals surface area contributed by atoms with Gasteiger partial charge in [0.2, 0.25) is 0 Å². The molecular weight excluding hydrogens is 555 g/mol. The molecule has 0 amide bonds. The lowest BCUT2D eigenvalue weighted by atomic mass is 10.0. The molecular formula is C31H57N4O6P. The van der Waals surface area contributed by atoms with E-state index in [0.29, 0.717) is 30.6 Å². The number of unbranched alkanes of at least 4 members (excludes halogenated alkanes) is 13. The van der Waals surface area contributed by atoms with Crippen molar-refractivity contribution in [2.24, 2.45) is 0 Å². The second-order valence-electron chi connectivity index (χ2n) is 11.2. The molecule has 0 aliphatic heterocycles. The molecule has 0 saturated carbocycles. The molecule has 42 heavy (non-hydrogen) atoms. The third kappa shape index (κ3) is 15.8. The summed E-state index contributed by atoms with van der Waals surface area (Å²) in [7, 11) is -3.42. The van der Waals surface area contributed by atoms with E-state index < -0.39 is 13.7 Å². The molecule has 0 radical (unpaired) electrons. The standard InChI is InChI=1S/C31H57N4O6P/c1-3-5-6-7-8-9-10-11-12-13-14-15-16-17-19-39-20-18-21-41-42(38,40-4-2)25-28(36)24-32-22-27-23-33-30-29(27)34-26-35-31(30)37/h23,26,28,32-33,36H,3-22,24-25H2,1-2H3,(H,34,35,37). The first-order valence-corrected chi connectivity index (χ1v) is 18.1. The number of H-pyrrole nitrogens is 2. The molecule has 0 bridgehead atoms. The number of aliphatic hydroxyl groups is 1. The molecule has 242 valence electrons. The molecule has 0 spiro atoms. The lowest BCUT2D eigenvalue weighted by molar-refractivity contribution is 0.109. The van der Waals surface area contributed by atoms with Crippen LogP contribution in [0, 0.1) is 0 Å². The van der Waals surface area contributed by atoms with Gasteiger partial charge in [-0.1, -0.05) is 90.4 Å². The number of aromatic nitrogens is 3. The number of nitrogens with one attached hydrogen (secondary N) is 3. The summed E-state index contributed by atoms with van der Waals surface area (Å²) in [5, 5.41) is 13.6. The molecule has 2 aromatic rings. The Labute approximate surface area is 252 Å². The van der Waals surface area contributed by atoms with Crippen LogP contribution in [0.5, 0.6) is 0 Å². The Morgan fingerprint density at radius 1 is 0.857 bits per heavy atom. The van der Waals surface area contributed by atoms with Crippen LogP contribution in [0.4, 0.5) is 0 Å². The molecule has 11 heteroatoms. The van der Waals surface area contributed by atoms with Gasteiger partial charge in [-0.25, -0.2) is 4.98 Å². The van der Waals surface area contributed by atoms with E-state index in [1.165, 1.54) is 89.8 Å². The average molecular weight is 613 g/mol. The van der Waals surface area contributed by atoms with Crippen molar-refractivity contribution in [3.63, 3.8) is 0 Å². The quantitative estimate of drug-likeness (QED) is 0.0606. The smallest absolute Gasteiger partial charge is 0.333 e. The van der Waals surface area contributed by atoms with E-state index in [0.717, 1.165) is 18.6 Å². The minimum absolute atomic E-state index is 0.0977. The van der Waals surface area contributed by atoms with Crippen molar-refractivity contribution in [2.75, 3.05) is 39.1 Å². The molecule has 0 aliphatic carbocycles. The summed E-state index contributed by atoms with van der Waals surface area (Å²) < 4.78 is 29.8. The summed E-state index contributed by atoms with van der Waals surface area (Å²) in [5.74, 6) is 0. The first kappa shape index (κ1) is 36.6. The summed E-state index contributed by atoms with van der Waals surface area (Å²) in [6, 6.07) is 0. The highest BCUT2D eigenvalue weighted by molar-refractivity contribution is 7.53. The van der Waals surface area contributed by atoms with Crippen LogP contribution in [-0.2, 0) is 24.9 Å². The van der Waals surface area contributed by atoms with Gasteiger partial charge in [0.1, 0.15) is 5.52 Å². The number of nitrogens with zero attached hydrogens (tertiary/aromatic N) is 1. The summed E-state index contributed by atoms with van der Waals surface area (Å²) >= 11 is 0. The first-order chi connectivity index (χ1) is 20.5. The van der Waals surface area contributed by atoms with Gasteiger partial charge in [0.15, 0.2) is 0 Å². The van der Waals surface area contributed by atoms with Crippen molar-refractivity contribution < 1.29 is 23.5 Å². The number of hydrogen-bond donors (Lipinski definition) is 4. The fraction of sp³-hybridized carbons (Fsp3) is 0.806. The molecule has 2 atom stereocenters. The zero-order valence-electron chi connectivity index (χ0n) is 26.2. The van der Waals surface area contributed by atoms with Crippen LogP contribution in [0.2, 0.25) is 0 Å². The van der Waals surface area contributed by atoms with Gasteiger partial charge in [0.05, 0.1) is 37.3 Å². The van der Waals surface area contributed by atoms with Crippen molar-refractivity contribution >= 4 is 18.6 Å². The molecule has 0 aliphatic rings. The lowest BCUT2D eigenvalue weighted by Gasteiger charge is -2.21. The highest BCUT2D eigenvalue weighted by Gasteiger charge is 2.28. The maximum atomic E-state index is 13.1. The van der Waals surface area contributed by atoms with Gasteiger partial charge in [0.25, 0.3) is 5.56 Å². The van der Waals surface area contributed by atoms with E-state index in [1.54, 1.807) is 13.1 Å². The van der Waals surface area contributed by atoms with Crippen LogP contribution >= 0.6 is 7.60 Å². The van der Waals surface area contributed by atoms with Gasteiger partial charge in [-0.05, 0) is 19.8 Å². The van der Waals surface area contributed by atoms with Crippen LogP contribution < -0.4 is 10.9 Å². The van der Waals surface area contributed by atoms with E-state index in [4.69, 9.17) is 13.8 Å². The van der Waals surface area contributed by atoms with E-state index in [1.807, 2.05) is 0 Å². The highest BCUT2D eigenvalue weighted by Crippen LogP contribution is 2.48. The topological polar surface area (TPSA) is 139 Å².